The Bertz CT molecular complexity index is 371. The van der Waals surface area contributed by atoms with Crippen molar-refractivity contribution in [3.8, 4) is 0 Å². The maximum atomic E-state index is 12.4. The Morgan fingerprint density at radius 1 is 1.56 bits per heavy atom. The maximum absolute atomic E-state index is 12.4. The lowest BCUT2D eigenvalue weighted by atomic mass is 10.1. The fraction of sp³-hybridized carbons (Fsp3) is 0.583. The van der Waals surface area contributed by atoms with Crippen molar-refractivity contribution in [2.75, 3.05) is 13.1 Å². The SMILES string of the molecule is CCC(C(=O)c1sccc1Br)N1CCCC1. The van der Waals surface area contributed by atoms with Crippen LogP contribution in [0.15, 0.2) is 15.9 Å². The van der Waals surface area contributed by atoms with Crippen molar-refractivity contribution in [3.05, 3.63) is 20.8 Å². The molecule has 1 unspecified atom stereocenters. The Morgan fingerprint density at radius 3 is 2.75 bits per heavy atom. The van der Waals surface area contributed by atoms with Crippen LogP contribution in [0.2, 0.25) is 0 Å². The summed E-state index contributed by atoms with van der Waals surface area (Å²) < 4.78 is 0.945. The van der Waals surface area contributed by atoms with E-state index in [1.165, 1.54) is 24.2 Å². The summed E-state index contributed by atoms with van der Waals surface area (Å²) in [6.07, 6.45) is 3.37. The molecule has 1 aliphatic heterocycles. The molecule has 0 saturated carbocycles. The number of rotatable bonds is 4. The third kappa shape index (κ3) is 2.39. The van der Waals surface area contributed by atoms with E-state index in [4.69, 9.17) is 0 Å². The third-order valence-corrected chi connectivity index (χ3v) is 4.96. The van der Waals surface area contributed by atoms with E-state index in [0.29, 0.717) is 0 Å². The second-order valence-electron chi connectivity index (χ2n) is 4.13. The third-order valence-electron chi connectivity index (χ3n) is 3.11. The normalized spacial score (nSPS) is 18.9. The molecule has 0 spiro atoms. The molecule has 0 aromatic carbocycles. The van der Waals surface area contributed by atoms with E-state index in [1.807, 2.05) is 11.4 Å². The average molecular weight is 302 g/mol. The lowest BCUT2D eigenvalue weighted by Gasteiger charge is -2.24. The van der Waals surface area contributed by atoms with Gasteiger partial charge in [-0.2, -0.15) is 0 Å². The van der Waals surface area contributed by atoms with E-state index in [9.17, 15) is 4.79 Å². The quantitative estimate of drug-likeness (QED) is 0.793. The highest BCUT2D eigenvalue weighted by atomic mass is 79.9. The van der Waals surface area contributed by atoms with Gasteiger partial charge in [0.2, 0.25) is 0 Å². The fourth-order valence-electron chi connectivity index (χ4n) is 2.28. The van der Waals surface area contributed by atoms with Gasteiger partial charge in [0, 0.05) is 4.47 Å². The van der Waals surface area contributed by atoms with Crippen LogP contribution in [-0.4, -0.2) is 29.8 Å². The number of nitrogens with zero attached hydrogens (tertiary/aromatic N) is 1. The Kier molecular flexibility index (Phi) is 4.16. The minimum absolute atomic E-state index is 0.0810. The molecule has 1 aromatic heterocycles. The molecule has 2 heterocycles. The second-order valence-corrected chi connectivity index (χ2v) is 5.90. The van der Waals surface area contributed by atoms with E-state index in [1.54, 1.807) is 0 Å². The standard InChI is InChI=1S/C12H16BrNOS/c1-2-10(14-6-3-4-7-14)11(15)12-9(13)5-8-16-12/h5,8,10H,2-4,6-7H2,1H3. The molecule has 0 radical (unpaired) electrons. The molecule has 0 aliphatic carbocycles. The molecule has 2 nitrogen and oxygen atoms in total. The van der Waals surface area contributed by atoms with Gasteiger partial charge in [-0.25, -0.2) is 0 Å². The van der Waals surface area contributed by atoms with Crippen LogP contribution in [-0.2, 0) is 0 Å². The molecular weight excluding hydrogens is 286 g/mol. The molecule has 2 rings (SSSR count). The van der Waals surface area contributed by atoms with Crippen LogP contribution in [0.1, 0.15) is 35.9 Å². The molecule has 0 amide bonds. The summed E-state index contributed by atoms with van der Waals surface area (Å²) in [7, 11) is 0. The maximum Gasteiger partial charge on any atom is 0.190 e. The number of carbonyl (C=O) groups is 1. The van der Waals surface area contributed by atoms with E-state index < -0.39 is 0 Å². The van der Waals surface area contributed by atoms with Crippen molar-refractivity contribution in [2.45, 2.75) is 32.2 Å². The summed E-state index contributed by atoms with van der Waals surface area (Å²) in [5.41, 5.74) is 0. The highest BCUT2D eigenvalue weighted by Crippen LogP contribution is 2.27. The first-order chi connectivity index (χ1) is 7.74. The molecule has 88 valence electrons. The van der Waals surface area contributed by atoms with Crippen LogP contribution in [0, 0.1) is 0 Å². The first kappa shape index (κ1) is 12.3. The van der Waals surface area contributed by atoms with Crippen LogP contribution in [0.4, 0.5) is 0 Å². The first-order valence-electron chi connectivity index (χ1n) is 5.75. The molecule has 1 fully saturated rings. The van der Waals surface area contributed by atoms with E-state index in [-0.39, 0.29) is 11.8 Å². The highest BCUT2D eigenvalue weighted by molar-refractivity contribution is 9.10. The van der Waals surface area contributed by atoms with E-state index in [2.05, 4.69) is 27.8 Å². The van der Waals surface area contributed by atoms with Gasteiger partial charge in [0.05, 0.1) is 10.9 Å². The molecule has 1 aromatic rings. The summed E-state index contributed by atoms with van der Waals surface area (Å²) in [5, 5.41) is 1.97. The Balaban J connectivity index is 2.15. The molecule has 1 aliphatic rings. The summed E-state index contributed by atoms with van der Waals surface area (Å²) in [6.45, 7) is 4.25. The van der Waals surface area contributed by atoms with Gasteiger partial charge in [0.25, 0.3) is 0 Å². The Morgan fingerprint density at radius 2 is 2.25 bits per heavy atom. The Hall–Kier alpha value is -0.190. The summed E-state index contributed by atoms with van der Waals surface area (Å²) >= 11 is 4.98. The van der Waals surface area contributed by atoms with Crippen LogP contribution in [0.25, 0.3) is 0 Å². The minimum atomic E-state index is 0.0810. The number of thiophene rings is 1. The van der Waals surface area contributed by atoms with Crippen molar-refractivity contribution in [2.24, 2.45) is 0 Å². The first-order valence-corrected chi connectivity index (χ1v) is 7.42. The van der Waals surface area contributed by atoms with Gasteiger partial charge in [0.15, 0.2) is 5.78 Å². The van der Waals surface area contributed by atoms with Gasteiger partial charge in [-0.1, -0.05) is 6.92 Å². The van der Waals surface area contributed by atoms with Crippen LogP contribution in [0.3, 0.4) is 0 Å². The van der Waals surface area contributed by atoms with Gasteiger partial charge in [0.1, 0.15) is 0 Å². The van der Waals surface area contributed by atoms with Crippen LogP contribution in [0.5, 0.6) is 0 Å². The molecule has 1 atom stereocenters. The number of carbonyl (C=O) groups excluding carboxylic acids is 1. The van der Waals surface area contributed by atoms with Crippen LogP contribution >= 0.6 is 27.3 Å². The van der Waals surface area contributed by atoms with Gasteiger partial charge in [-0.3, -0.25) is 9.69 Å². The molecular formula is C12H16BrNOS. The molecule has 0 bridgehead atoms. The van der Waals surface area contributed by atoms with Gasteiger partial charge >= 0.3 is 0 Å². The number of hydrogen-bond acceptors (Lipinski definition) is 3. The predicted octanol–water partition coefficient (Wildman–Crippen LogP) is 3.57. The van der Waals surface area contributed by atoms with Crippen molar-refractivity contribution in [1.82, 2.24) is 4.90 Å². The Labute approximate surface area is 109 Å². The average Bonchev–Trinajstić information content (AvgIpc) is 2.90. The fourth-order valence-corrected chi connectivity index (χ4v) is 3.84. The highest BCUT2D eigenvalue weighted by Gasteiger charge is 2.28. The lowest BCUT2D eigenvalue weighted by Crippen LogP contribution is -2.38. The smallest absolute Gasteiger partial charge is 0.190 e. The zero-order chi connectivity index (χ0) is 11.5. The summed E-state index contributed by atoms with van der Waals surface area (Å²) in [5.74, 6) is 0.284. The zero-order valence-electron chi connectivity index (χ0n) is 9.41. The lowest BCUT2D eigenvalue weighted by molar-refractivity contribution is 0.0847. The van der Waals surface area contributed by atoms with Gasteiger partial charge in [-0.15, -0.1) is 11.3 Å². The zero-order valence-corrected chi connectivity index (χ0v) is 11.8. The van der Waals surface area contributed by atoms with Crippen LogP contribution < -0.4 is 0 Å². The largest absolute Gasteiger partial charge is 0.293 e. The summed E-state index contributed by atoms with van der Waals surface area (Å²) in [6, 6.07) is 2.03. The summed E-state index contributed by atoms with van der Waals surface area (Å²) in [4.78, 5) is 15.6. The molecule has 0 N–H and O–H groups in total. The second kappa shape index (κ2) is 5.43. The van der Waals surface area contributed by atoms with Crippen molar-refractivity contribution < 1.29 is 4.79 Å². The van der Waals surface area contributed by atoms with Crippen molar-refractivity contribution in [3.63, 3.8) is 0 Å². The van der Waals surface area contributed by atoms with Gasteiger partial charge in [-0.05, 0) is 59.7 Å². The molecule has 1 saturated heterocycles. The number of ketones is 1. The molecule has 4 heteroatoms. The van der Waals surface area contributed by atoms with E-state index >= 15 is 0 Å². The molecule has 16 heavy (non-hydrogen) atoms. The number of likely N-dealkylation sites (tertiary alicyclic amines) is 1. The minimum Gasteiger partial charge on any atom is -0.293 e. The van der Waals surface area contributed by atoms with Gasteiger partial charge < -0.3 is 0 Å². The number of hydrogen-bond donors (Lipinski definition) is 0. The monoisotopic (exact) mass is 301 g/mol. The number of halogens is 1. The topological polar surface area (TPSA) is 20.3 Å². The van der Waals surface area contributed by atoms with Crippen molar-refractivity contribution in [1.29, 1.82) is 0 Å². The predicted molar refractivity (Wildman–Crippen MR) is 71.2 cm³/mol. The van der Waals surface area contributed by atoms with E-state index in [0.717, 1.165) is 28.9 Å². The number of Topliss-reactive ketones (excluding diaryl/α,β-unsaturated/α-hetero) is 1. The van der Waals surface area contributed by atoms with Crippen molar-refractivity contribution >= 4 is 33.0 Å².